The number of aliphatic hydroxyl groups excluding tert-OH is 1. The molecule has 0 aliphatic carbocycles. The maximum Gasteiger partial charge on any atom is 0.0462 e. The van der Waals surface area contributed by atoms with E-state index in [0.29, 0.717) is 18.4 Å². The fourth-order valence-corrected chi connectivity index (χ4v) is 2.80. The Bertz CT molecular complexity index is 195. The van der Waals surface area contributed by atoms with E-state index >= 15 is 0 Å². The Morgan fingerprint density at radius 3 is 2.53 bits per heavy atom. The van der Waals surface area contributed by atoms with Crippen LogP contribution in [0.1, 0.15) is 33.6 Å². The molecule has 1 rings (SSSR count). The van der Waals surface area contributed by atoms with Crippen molar-refractivity contribution in [2.75, 3.05) is 39.3 Å². The van der Waals surface area contributed by atoms with Gasteiger partial charge in [-0.15, -0.1) is 0 Å². The maximum absolute atomic E-state index is 9.44. The smallest absolute Gasteiger partial charge is 0.0462 e. The molecule has 0 saturated carbocycles. The Morgan fingerprint density at radius 1 is 1.24 bits per heavy atom. The van der Waals surface area contributed by atoms with Gasteiger partial charge >= 0.3 is 0 Å². The molecule has 3 nitrogen and oxygen atoms in total. The van der Waals surface area contributed by atoms with E-state index in [1.807, 2.05) is 0 Å². The average molecular weight is 242 g/mol. The number of rotatable bonds is 6. The molecule has 1 fully saturated rings. The Balaban J connectivity index is 2.37. The molecular weight excluding hydrogens is 212 g/mol. The minimum absolute atomic E-state index is 0.352. The van der Waals surface area contributed by atoms with Crippen molar-refractivity contribution < 1.29 is 5.11 Å². The van der Waals surface area contributed by atoms with Gasteiger partial charge in [-0.2, -0.15) is 0 Å². The first-order chi connectivity index (χ1) is 8.21. The Labute approximate surface area is 107 Å². The molecule has 3 atom stereocenters. The molecule has 0 aromatic heterocycles. The molecule has 0 spiro atoms. The van der Waals surface area contributed by atoms with Crippen LogP contribution < -0.4 is 5.32 Å². The van der Waals surface area contributed by atoms with Crippen LogP contribution >= 0.6 is 0 Å². The third-order valence-electron chi connectivity index (χ3n) is 4.32. The molecule has 0 bridgehead atoms. The molecule has 102 valence electrons. The largest absolute Gasteiger partial charge is 0.396 e. The summed E-state index contributed by atoms with van der Waals surface area (Å²) in [4.78, 5) is 2.49. The highest BCUT2D eigenvalue weighted by Crippen LogP contribution is 2.24. The molecule has 3 unspecified atom stereocenters. The zero-order valence-electron chi connectivity index (χ0n) is 11.8. The van der Waals surface area contributed by atoms with Crippen molar-refractivity contribution in [3.63, 3.8) is 0 Å². The number of nitrogens with one attached hydrogen (secondary N) is 1. The van der Waals surface area contributed by atoms with Crippen LogP contribution in [-0.2, 0) is 0 Å². The van der Waals surface area contributed by atoms with Gasteiger partial charge in [0, 0.05) is 6.61 Å². The van der Waals surface area contributed by atoms with Gasteiger partial charge in [0.2, 0.25) is 0 Å². The van der Waals surface area contributed by atoms with Gasteiger partial charge in [0.25, 0.3) is 0 Å². The van der Waals surface area contributed by atoms with Gasteiger partial charge in [0.15, 0.2) is 0 Å². The van der Waals surface area contributed by atoms with E-state index in [2.05, 4.69) is 31.0 Å². The summed E-state index contributed by atoms with van der Waals surface area (Å²) < 4.78 is 0. The minimum atomic E-state index is 0.352. The molecule has 0 aromatic carbocycles. The summed E-state index contributed by atoms with van der Waals surface area (Å²) in [6.07, 6.45) is 2.45. The first-order valence-electron chi connectivity index (χ1n) is 7.25. The number of hydrogen-bond donors (Lipinski definition) is 2. The van der Waals surface area contributed by atoms with Crippen LogP contribution in [0, 0.1) is 17.8 Å². The van der Waals surface area contributed by atoms with Gasteiger partial charge < -0.3 is 15.3 Å². The van der Waals surface area contributed by atoms with E-state index in [0.717, 1.165) is 32.1 Å². The van der Waals surface area contributed by atoms with Crippen LogP contribution in [0.4, 0.5) is 0 Å². The summed E-state index contributed by atoms with van der Waals surface area (Å²) in [6, 6.07) is 0. The summed E-state index contributed by atoms with van der Waals surface area (Å²) in [5.41, 5.74) is 0. The quantitative estimate of drug-likeness (QED) is 0.742. The Hall–Kier alpha value is -0.120. The SMILES string of the molecule is CCN(CC)CCC1CNCC(C)C(CO)C1. The fraction of sp³-hybridized carbons (Fsp3) is 1.00. The lowest BCUT2D eigenvalue weighted by Gasteiger charge is -2.24. The van der Waals surface area contributed by atoms with E-state index in [-0.39, 0.29) is 0 Å². The lowest BCUT2D eigenvalue weighted by atomic mass is 9.86. The molecule has 0 amide bonds. The topological polar surface area (TPSA) is 35.5 Å². The Morgan fingerprint density at radius 2 is 1.94 bits per heavy atom. The third kappa shape index (κ3) is 4.94. The second kappa shape index (κ2) is 8.06. The average Bonchev–Trinajstić information content (AvgIpc) is 2.52. The number of nitrogens with zero attached hydrogens (tertiary/aromatic N) is 1. The number of hydrogen-bond acceptors (Lipinski definition) is 3. The van der Waals surface area contributed by atoms with Gasteiger partial charge in [-0.25, -0.2) is 0 Å². The lowest BCUT2D eigenvalue weighted by Crippen LogP contribution is -2.28. The van der Waals surface area contributed by atoms with E-state index in [1.165, 1.54) is 19.4 Å². The number of aliphatic hydroxyl groups is 1. The molecule has 1 saturated heterocycles. The summed E-state index contributed by atoms with van der Waals surface area (Å²) in [6.45, 7) is 12.8. The normalized spacial score (nSPS) is 30.5. The second-order valence-corrected chi connectivity index (χ2v) is 5.50. The van der Waals surface area contributed by atoms with Crippen molar-refractivity contribution in [3.8, 4) is 0 Å². The van der Waals surface area contributed by atoms with Crippen molar-refractivity contribution >= 4 is 0 Å². The van der Waals surface area contributed by atoms with Crippen LogP contribution in [0.5, 0.6) is 0 Å². The molecule has 1 heterocycles. The Kier molecular flexibility index (Phi) is 7.09. The van der Waals surface area contributed by atoms with Gasteiger partial charge in [-0.3, -0.25) is 0 Å². The van der Waals surface area contributed by atoms with Gasteiger partial charge in [0.1, 0.15) is 0 Å². The van der Waals surface area contributed by atoms with Crippen molar-refractivity contribution in [1.29, 1.82) is 0 Å². The fourth-order valence-electron chi connectivity index (χ4n) is 2.80. The highest BCUT2D eigenvalue weighted by molar-refractivity contribution is 4.78. The summed E-state index contributed by atoms with van der Waals surface area (Å²) >= 11 is 0. The van der Waals surface area contributed by atoms with E-state index in [9.17, 15) is 5.11 Å². The van der Waals surface area contributed by atoms with E-state index in [1.54, 1.807) is 0 Å². The third-order valence-corrected chi connectivity index (χ3v) is 4.32. The van der Waals surface area contributed by atoms with Crippen LogP contribution in [-0.4, -0.2) is 49.3 Å². The van der Waals surface area contributed by atoms with Crippen LogP contribution in [0.15, 0.2) is 0 Å². The monoisotopic (exact) mass is 242 g/mol. The highest BCUT2D eigenvalue weighted by Gasteiger charge is 2.24. The van der Waals surface area contributed by atoms with Crippen LogP contribution in [0.25, 0.3) is 0 Å². The van der Waals surface area contributed by atoms with Crippen molar-refractivity contribution in [2.45, 2.75) is 33.6 Å². The molecular formula is C14H30N2O. The molecule has 1 aliphatic heterocycles. The maximum atomic E-state index is 9.44. The van der Waals surface area contributed by atoms with Crippen molar-refractivity contribution in [3.05, 3.63) is 0 Å². The standard InChI is InChI=1S/C14H30N2O/c1-4-16(5-2)7-6-13-8-14(11-17)12(3)9-15-10-13/h12-15,17H,4-11H2,1-3H3. The van der Waals surface area contributed by atoms with Gasteiger partial charge in [-0.05, 0) is 63.3 Å². The minimum Gasteiger partial charge on any atom is -0.396 e. The summed E-state index contributed by atoms with van der Waals surface area (Å²) in [7, 11) is 0. The van der Waals surface area contributed by atoms with E-state index in [4.69, 9.17) is 0 Å². The molecule has 2 N–H and O–H groups in total. The molecule has 3 heteroatoms. The first kappa shape index (κ1) is 14.9. The molecule has 0 aromatic rings. The van der Waals surface area contributed by atoms with Crippen molar-refractivity contribution in [1.82, 2.24) is 10.2 Å². The van der Waals surface area contributed by atoms with Gasteiger partial charge in [0.05, 0.1) is 0 Å². The second-order valence-electron chi connectivity index (χ2n) is 5.50. The first-order valence-corrected chi connectivity index (χ1v) is 7.25. The summed E-state index contributed by atoms with van der Waals surface area (Å²) in [5.74, 6) is 1.84. The predicted molar refractivity (Wildman–Crippen MR) is 73.1 cm³/mol. The van der Waals surface area contributed by atoms with Crippen LogP contribution in [0.2, 0.25) is 0 Å². The zero-order valence-corrected chi connectivity index (χ0v) is 11.8. The lowest BCUT2D eigenvalue weighted by molar-refractivity contribution is 0.163. The van der Waals surface area contributed by atoms with Crippen LogP contribution in [0.3, 0.4) is 0 Å². The predicted octanol–water partition coefficient (Wildman–Crippen LogP) is 1.57. The summed E-state index contributed by atoms with van der Waals surface area (Å²) in [5, 5.41) is 13.0. The zero-order chi connectivity index (χ0) is 12.7. The molecule has 17 heavy (non-hydrogen) atoms. The van der Waals surface area contributed by atoms with Crippen molar-refractivity contribution in [2.24, 2.45) is 17.8 Å². The highest BCUT2D eigenvalue weighted by atomic mass is 16.3. The van der Waals surface area contributed by atoms with E-state index < -0.39 is 0 Å². The van der Waals surface area contributed by atoms with Gasteiger partial charge in [-0.1, -0.05) is 20.8 Å². The molecule has 0 radical (unpaired) electrons. The molecule has 1 aliphatic rings.